The Labute approximate surface area is 353 Å². The minimum Gasteiger partial charge on any atom is -0.462 e. The number of carbonyl (C=O) groups is 3. The SMILES string of the molecule is CCCC/C=C\CCCCCCCC(=O)O[C@H](COC(=O)CCCCCCC/C=C\CCCCCC)COC(=O)CCCCCCCCCCCCCCCCC. The van der Waals surface area contributed by atoms with Crippen molar-refractivity contribution in [2.24, 2.45) is 0 Å². The van der Waals surface area contributed by atoms with E-state index in [2.05, 4.69) is 45.1 Å². The monoisotopic (exact) mass is 803 g/mol. The van der Waals surface area contributed by atoms with Crippen molar-refractivity contribution >= 4 is 17.9 Å². The Morgan fingerprint density at radius 1 is 0.333 bits per heavy atom. The first-order chi connectivity index (χ1) is 28.0. The van der Waals surface area contributed by atoms with Crippen molar-refractivity contribution < 1.29 is 28.6 Å². The molecule has 0 heterocycles. The van der Waals surface area contributed by atoms with E-state index in [0.29, 0.717) is 19.3 Å². The summed E-state index contributed by atoms with van der Waals surface area (Å²) in [6, 6.07) is 0. The van der Waals surface area contributed by atoms with Gasteiger partial charge in [0.2, 0.25) is 0 Å². The van der Waals surface area contributed by atoms with Gasteiger partial charge >= 0.3 is 17.9 Å². The van der Waals surface area contributed by atoms with Gasteiger partial charge in [-0.2, -0.15) is 0 Å². The highest BCUT2D eigenvalue weighted by Crippen LogP contribution is 2.15. The van der Waals surface area contributed by atoms with E-state index in [1.807, 2.05) is 0 Å². The van der Waals surface area contributed by atoms with E-state index in [4.69, 9.17) is 14.2 Å². The van der Waals surface area contributed by atoms with Crippen molar-refractivity contribution in [3.8, 4) is 0 Å². The van der Waals surface area contributed by atoms with Gasteiger partial charge < -0.3 is 14.2 Å². The highest BCUT2D eigenvalue weighted by atomic mass is 16.6. The Kier molecular flexibility index (Phi) is 44.9. The average molecular weight is 803 g/mol. The van der Waals surface area contributed by atoms with E-state index < -0.39 is 6.10 Å². The van der Waals surface area contributed by atoms with E-state index in [0.717, 1.165) is 77.0 Å². The van der Waals surface area contributed by atoms with Gasteiger partial charge in [0.1, 0.15) is 13.2 Å². The molecule has 0 aliphatic carbocycles. The third-order valence-electron chi connectivity index (χ3n) is 10.9. The molecule has 0 aromatic carbocycles. The van der Waals surface area contributed by atoms with Crippen LogP contribution in [0.25, 0.3) is 0 Å². The second-order valence-electron chi connectivity index (χ2n) is 16.7. The standard InChI is InChI=1S/C51H94O6/c1-4-7-10-13-16-19-22-24-25-27-30-32-35-38-41-44-50(53)56-47-48(57-51(54)45-42-39-36-33-28-21-18-15-12-9-6-3)46-55-49(52)43-40-37-34-31-29-26-23-20-17-14-11-8-5-2/h15,18,20,23,48H,4-14,16-17,19,21-22,24-47H2,1-3H3/b18-15-,23-20-/t48-/m1/s1. The zero-order valence-corrected chi connectivity index (χ0v) is 38.1. The highest BCUT2D eigenvalue weighted by Gasteiger charge is 2.19. The molecule has 0 spiro atoms. The third-order valence-corrected chi connectivity index (χ3v) is 10.9. The maximum Gasteiger partial charge on any atom is 0.306 e. The molecule has 0 amide bonds. The maximum absolute atomic E-state index is 12.7. The number of unbranched alkanes of at least 4 members (excludes halogenated alkanes) is 30. The van der Waals surface area contributed by atoms with Crippen molar-refractivity contribution in [3.63, 3.8) is 0 Å². The Bertz CT molecular complexity index is 927. The summed E-state index contributed by atoms with van der Waals surface area (Å²) in [6.07, 6.45) is 51.6. The van der Waals surface area contributed by atoms with Gasteiger partial charge in [-0.25, -0.2) is 0 Å². The number of allylic oxidation sites excluding steroid dienone is 4. The zero-order chi connectivity index (χ0) is 41.5. The normalized spacial score (nSPS) is 12.1. The quantitative estimate of drug-likeness (QED) is 0.0264. The molecule has 0 fully saturated rings. The zero-order valence-electron chi connectivity index (χ0n) is 38.1. The molecule has 0 N–H and O–H groups in total. The summed E-state index contributed by atoms with van der Waals surface area (Å²) in [7, 11) is 0. The van der Waals surface area contributed by atoms with Gasteiger partial charge in [0.15, 0.2) is 6.10 Å². The van der Waals surface area contributed by atoms with Crippen LogP contribution in [0.3, 0.4) is 0 Å². The van der Waals surface area contributed by atoms with Gasteiger partial charge in [-0.05, 0) is 64.2 Å². The van der Waals surface area contributed by atoms with E-state index >= 15 is 0 Å². The van der Waals surface area contributed by atoms with Crippen LogP contribution in [0, 0.1) is 0 Å². The topological polar surface area (TPSA) is 78.9 Å². The predicted octanol–water partition coefficient (Wildman–Crippen LogP) is 16.0. The summed E-state index contributed by atoms with van der Waals surface area (Å²) in [5, 5.41) is 0. The van der Waals surface area contributed by atoms with Gasteiger partial charge in [0, 0.05) is 19.3 Å². The molecule has 0 bridgehead atoms. The van der Waals surface area contributed by atoms with Crippen molar-refractivity contribution in [1.29, 1.82) is 0 Å². The van der Waals surface area contributed by atoms with Crippen molar-refractivity contribution in [2.75, 3.05) is 13.2 Å². The average Bonchev–Trinajstić information content (AvgIpc) is 3.21. The fourth-order valence-electron chi connectivity index (χ4n) is 7.12. The second-order valence-corrected chi connectivity index (χ2v) is 16.7. The Hall–Kier alpha value is -2.11. The largest absolute Gasteiger partial charge is 0.462 e. The fraction of sp³-hybridized carbons (Fsp3) is 0.863. The molecular formula is C51H94O6. The first-order valence-electron chi connectivity index (χ1n) is 24.8. The van der Waals surface area contributed by atoms with Gasteiger partial charge in [-0.1, -0.05) is 206 Å². The molecule has 0 aliphatic heterocycles. The lowest BCUT2D eigenvalue weighted by molar-refractivity contribution is -0.167. The second kappa shape index (κ2) is 46.6. The molecule has 0 saturated heterocycles. The van der Waals surface area contributed by atoms with Crippen molar-refractivity contribution in [3.05, 3.63) is 24.3 Å². The molecule has 0 radical (unpaired) electrons. The van der Waals surface area contributed by atoms with Crippen LogP contribution in [0.5, 0.6) is 0 Å². The minimum atomic E-state index is -0.773. The van der Waals surface area contributed by atoms with Crippen LogP contribution in [0.1, 0.15) is 265 Å². The third kappa shape index (κ3) is 44.8. The number of ether oxygens (including phenoxy) is 3. The Morgan fingerprint density at radius 3 is 0.947 bits per heavy atom. The van der Waals surface area contributed by atoms with Gasteiger partial charge in [-0.15, -0.1) is 0 Å². The molecular weight excluding hydrogens is 709 g/mol. The van der Waals surface area contributed by atoms with E-state index in [-0.39, 0.29) is 31.1 Å². The number of esters is 3. The molecule has 1 atom stereocenters. The Balaban J connectivity index is 4.34. The molecule has 334 valence electrons. The van der Waals surface area contributed by atoms with Crippen molar-refractivity contribution in [2.45, 2.75) is 271 Å². The molecule has 57 heavy (non-hydrogen) atoms. The molecule has 0 unspecified atom stereocenters. The highest BCUT2D eigenvalue weighted by molar-refractivity contribution is 5.71. The first kappa shape index (κ1) is 54.9. The maximum atomic E-state index is 12.7. The summed E-state index contributed by atoms with van der Waals surface area (Å²) in [5.41, 5.74) is 0. The van der Waals surface area contributed by atoms with Crippen LogP contribution in [-0.2, 0) is 28.6 Å². The van der Waals surface area contributed by atoms with E-state index in [9.17, 15) is 14.4 Å². The number of hydrogen-bond donors (Lipinski definition) is 0. The molecule has 6 heteroatoms. The number of rotatable bonds is 45. The first-order valence-corrected chi connectivity index (χ1v) is 24.8. The summed E-state index contributed by atoms with van der Waals surface area (Å²) in [4.78, 5) is 37.8. The number of carbonyl (C=O) groups excluding carboxylic acids is 3. The van der Waals surface area contributed by atoms with E-state index in [1.54, 1.807) is 0 Å². The van der Waals surface area contributed by atoms with Crippen LogP contribution in [0.15, 0.2) is 24.3 Å². The lowest BCUT2D eigenvalue weighted by Crippen LogP contribution is -2.30. The lowest BCUT2D eigenvalue weighted by Gasteiger charge is -2.18. The van der Waals surface area contributed by atoms with Crippen LogP contribution < -0.4 is 0 Å². The van der Waals surface area contributed by atoms with Gasteiger partial charge in [0.05, 0.1) is 0 Å². The lowest BCUT2D eigenvalue weighted by atomic mass is 10.0. The predicted molar refractivity (Wildman–Crippen MR) is 243 cm³/mol. The molecule has 0 aromatic rings. The van der Waals surface area contributed by atoms with Crippen LogP contribution in [0.2, 0.25) is 0 Å². The molecule has 6 nitrogen and oxygen atoms in total. The molecule has 0 saturated carbocycles. The van der Waals surface area contributed by atoms with Crippen LogP contribution in [-0.4, -0.2) is 37.2 Å². The molecule has 0 aromatic heterocycles. The minimum absolute atomic E-state index is 0.0739. The van der Waals surface area contributed by atoms with Gasteiger partial charge in [-0.3, -0.25) is 14.4 Å². The number of hydrogen-bond acceptors (Lipinski definition) is 6. The summed E-state index contributed by atoms with van der Waals surface area (Å²) < 4.78 is 16.7. The fourth-order valence-corrected chi connectivity index (χ4v) is 7.12. The van der Waals surface area contributed by atoms with Crippen LogP contribution in [0.4, 0.5) is 0 Å². The molecule has 0 rings (SSSR count). The van der Waals surface area contributed by atoms with E-state index in [1.165, 1.54) is 148 Å². The van der Waals surface area contributed by atoms with Crippen LogP contribution >= 0.6 is 0 Å². The summed E-state index contributed by atoms with van der Waals surface area (Å²) >= 11 is 0. The van der Waals surface area contributed by atoms with Crippen molar-refractivity contribution in [1.82, 2.24) is 0 Å². The smallest absolute Gasteiger partial charge is 0.306 e. The summed E-state index contributed by atoms with van der Waals surface area (Å²) in [6.45, 7) is 6.59. The Morgan fingerprint density at radius 2 is 0.596 bits per heavy atom. The molecule has 0 aliphatic rings. The van der Waals surface area contributed by atoms with Gasteiger partial charge in [0.25, 0.3) is 0 Å². The summed E-state index contributed by atoms with van der Waals surface area (Å²) in [5.74, 6) is -0.883.